The molecule has 1 aliphatic carbocycles. The Hall–Kier alpha value is -2.47. The summed E-state index contributed by atoms with van der Waals surface area (Å²) in [5, 5.41) is 22.3. The van der Waals surface area contributed by atoms with Gasteiger partial charge in [0.1, 0.15) is 5.69 Å². The van der Waals surface area contributed by atoms with E-state index in [1.165, 1.54) is 30.5 Å². The van der Waals surface area contributed by atoms with Crippen molar-refractivity contribution in [3.63, 3.8) is 0 Å². The van der Waals surface area contributed by atoms with Gasteiger partial charge in [-0.3, -0.25) is 4.79 Å². The van der Waals surface area contributed by atoms with E-state index in [1.807, 2.05) is 4.72 Å². The zero-order valence-electron chi connectivity index (χ0n) is 10.2. The van der Waals surface area contributed by atoms with Gasteiger partial charge in [0, 0.05) is 5.92 Å². The Morgan fingerprint density at radius 3 is 2.50 bits per heavy atom. The summed E-state index contributed by atoms with van der Waals surface area (Å²) in [4.78, 5) is 11.1. The number of hydroxylamine groups is 1. The fourth-order valence-electron chi connectivity index (χ4n) is 1.44. The minimum absolute atomic E-state index is 0.111. The second-order valence-corrected chi connectivity index (χ2v) is 5.89. The van der Waals surface area contributed by atoms with Crippen molar-refractivity contribution in [2.24, 2.45) is 11.0 Å². The molecule has 2 rings (SSSR count). The highest BCUT2D eigenvalue weighted by Gasteiger charge is 2.32. The molecule has 0 atom stereocenters. The molecular weight excluding hydrogens is 284 g/mol. The molecule has 1 fully saturated rings. The maximum Gasteiger partial charge on any atom is 0.485 e. The van der Waals surface area contributed by atoms with Crippen LogP contribution < -0.4 is 4.72 Å². The predicted octanol–water partition coefficient (Wildman–Crippen LogP) is 0.977. The number of carbonyl (C=O) groups excluding carboxylic acids is 1. The first-order chi connectivity index (χ1) is 9.42. The quantitative estimate of drug-likeness (QED) is 0.291. The molecule has 0 unspecified atom stereocenters. The molecule has 0 spiro atoms. The van der Waals surface area contributed by atoms with Crippen molar-refractivity contribution < 1.29 is 18.1 Å². The molecule has 104 valence electrons. The number of sulfonamides is 1. The Morgan fingerprint density at radius 2 is 2.00 bits per heavy atom. The fourth-order valence-corrected chi connectivity index (χ4v) is 2.48. The standard InChI is InChI=1S/C11H10N4O4S/c12-7-15(17)13-9-3-5-10(6-4-9)20(18,19)14-11(16)8-1-2-8/h3-6,8H,1-2H2,(H,14,16). The molecule has 0 saturated heterocycles. The van der Waals surface area contributed by atoms with Crippen molar-refractivity contribution in [1.82, 2.24) is 4.72 Å². The molecule has 9 heteroatoms. The zero-order chi connectivity index (χ0) is 14.8. The summed E-state index contributed by atoms with van der Waals surface area (Å²) < 4.78 is 25.7. The molecule has 1 N–H and O–H groups in total. The maximum atomic E-state index is 11.9. The number of amides is 1. The molecule has 0 bridgehead atoms. The number of nitrogens with zero attached hydrogens (tertiary/aromatic N) is 3. The molecule has 0 heterocycles. The number of hydrogen-bond donors (Lipinski definition) is 1. The van der Waals surface area contributed by atoms with Crippen molar-refractivity contribution in [2.45, 2.75) is 17.7 Å². The van der Waals surface area contributed by atoms with Gasteiger partial charge >= 0.3 is 6.19 Å². The summed E-state index contributed by atoms with van der Waals surface area (Å²) in [7, 11) is -3.91. The summed E-state index contributed by atoms with van der Waals surface area (Å²) in [6.07, 6.45) is 2.64. The molecule has 20 heavy (non-hydrogen) atoms. The van der Waals surface area contributed by atoms with E-state index < -0.39 is 15.9 Å². The van der Waals surface area contributed by atoms with E-state index in [2.05, 4.69) is 5.11 Å². The predicted molar refractivity (Wildman–Crippen MR) is 65.8 cm³/mol. The van der Waals surface area contributed by atoms with Crippen LogP contribution >= 0.6 is 0 Å². The number of hydrogen-bond acceptors (Lipinski definition) is 6. The number of nitriles is 1. The van der Waals surface area contributed by atoms with Crippen molar-refractivity contribution >= 4 is 21.6 Å². The minimum atomic E-state index is -3.91. The van der Waals surface area contributed by atoms with Gasteiger partial charge in [0.2, 0.25) is 5.91 Å². The summed E-state index contributed by atoms with van der Waals surface area (Å²) in [6, 6.07) is 4.93. The second-order valence-electron chi connectivity index (χ2n) is 4.21. The van der Waals surface area contributed by atoms with Crippen LogP contribution in [0.1, 0.15) is 12.8 Å². The van der Waals surface area contributed by atoms with E-state index in [-0.39, 0.29) is 21.4 Å². The summed E-state index contributed by atoms with van der Waals surface area (Å²) in [6.45, 7) is 0. The van der Waals surface area contributed by atoms with Gasteiger partial charge in [0.05, 0.1) is 4.90 Å². The number of benzene rings is 1. The molecule has 1 aromatic rings. The Balaban J connectivity index is 2.16. The van der Waals surface area contributed by atoms with Crippen LogP contribution in [-0.2, 0) is 14.8 Å². The van der Waals surface area contributed by atoms with Gasteiger partial charge in [0.25, 0.3) is 10.0 Å². The zero-order valence-corrected chi connectivity index (χ0v) is 11.0. The smallest absolute Gasteiger partial charge is 0.485 e. The van der Waals surface area contributed by atoms with E-state index >= 15 is 0 Å². The SMILES string of the molecule is N#C[N+]([O-])=Nc1ccc(S(=O)(=O)NC(=O)C2CC2)cc1. The third-order valence-corrected chi connectivity index (χ3v) is 3.98. The van der Waals surface area contributed by atoms with Crippen LogP contribution in [0.4, 0.5) is 5.69 Å². The first kappa shape index (κ1) is 14.0. The van der Waals surface area contributed by atoms with Crippen molar-refractivity contribution in [3.8, 4) is 6.19 Å². The van der Waals surface area contributed by atoms with Crippen molar-refractivity contribution in [2.75, 3.05) is 0 Å². The highest BCUT2D eigenvalue weighted by molar-refractivity contribution is 7.90. The topological polar surface area (TPSA) is 125 Å². The Bertz CT molecular complexity index is 699. The molecule has 0 aromatic heterocycles. The normalized spacial score (nSPS) is 15.4. The number of rotatable bonds is 4. The van der Waals surface area contributed by atoms with Crippen molar-refractivity contribution in [1.29, 1.82) is 5.26 Å². The molecule has 1 aromatic carbocycles. The van der Waals surface area contributed by atoms with Crippen LogP contribution in [0.25, 0.3) is 0 Å². The minimum Gasteiger partial charge on any atom is -0.682 e. The van der Waals surface area contributed by atoms with Gasteiger partial charge in [-0.2, -0.15) is 0 Å². The first-order valence-electron chi connectivity index (χ1n) is 5.68. The molecule has 0 radical (unpaired) electrons. The van der Waals surface area contributed by atoms with Crippen molar-refractivity contribution in [3.05, 3.63) is 29.5 Å². The second kappa shape index (κ2) is 5.26. The number of nitrogens with one attached hydrogen (secondary N) is 1. The van der Waals surface area contributed by atoms with E-state index in [0.29, 0.717) is 12.8 Å². The van der Waals surface area contributed by atoms with Gasteiger partial charge < -0.3 is 5.21 Å². The summed E-state index contributed by atoms with van der Waals surface area (Å²) >= 11 is 0. The highest BCUT2D eigenvalue weighted by Crippen LogP contribution is 2.29. The van der Waals surface area contributed by atoms with E-state index in [4.69, 9.17) is 5.26 Å². The number of azo groups is 1. The van der Waals surface area contributed by atoms with Crippen LogP contribution in [0.15, 0.2) is 34.3 Å². The highest BCUT2D eigenvalue weighted by atomic mass is 32.2. The molecular formula is C11H10N4O4S. The molecule has 1 saturated carbocycles. The van der Waals surface area contributed by atoms with Gasteiger partial charge in [-0.05, 0) is 37.1 Å². The molecule has 0 aliphatic heterocycles. The van der Waals surface area contributed by atoms with E-state index in [0.717, 1.165) is 0 Å². The summed E-state index contributed by atoms with van der Waals surface area (Å²) in [5.41, 5.74) is 0.133. The Kier molecular flexibility index (Phi) is 3.67. The molecule has 8 nitrogen and oxygen atoms in total. The largest absolute Gasteiger partial charge is 0.682 e. The third-order valence-electron chi connectivity index (χ3n) is 2.62. The lowest BCUT2D eigenvalue weighted by atomic mass is 10.3. The lowest BCUT2D eigenvalue weighted by Crippen LogP contribution is -2.31. The van der Waals surface area contributed by atoms with E-state index in [9.17, 15) is 18.4 Å². The van der Waals surface area contributed by atoms with Gasteiger partial charge in [0.15, 0.2) is 5.26 Å². The fraction of sp³-hybridized carbons (Fsp3) is 0.273. The van der Waals surface area contributed by atoms with Gasteiger partial charge in [-0.25, -0.2) is 13.1 Å². The Morgan fingerprint density at radius 1 is 1.40 bits per heavy atom. The van der Waals surface area contributed by atoms with Crippen LogP contribution in [0.2, 0.25) is 0 Å². The van der Waals surface area contributed by atoms with Crippen LogP contribution in [0, 0.1) is 22.6 Å². The molecule has 1 amide bonds. The van der Waals surface area contributed by atoms with E-state index in [1.54, 1.807) is 0 Å². The monoisotopic (exact) mass is 294 g/mol. The van der Waals surface area contributed by atoms with Crippen LogP contribution in [-0.4, -0.2) is 19.2 Å². The average Bonchev–Trinajstić information content (AvgIpc) is 3.23. The van der Waals surface area contributed by atoms with Gasteiger partial charge in [-0.15, -0.1) is 0 Å². The first-order valence-corrected chi connectivity index (χ1v) is 7.16. The van der Waals surface area contributed by atoms with Gasteiger partial charge in [-0.1, -0.05) is 9.97 Å². The summed E-state index contributed by atoms with van der Waals surface area (Å²) in [5.74, 6) is -0.724. The lowest BCUT2D eigenvalue weighted by Gasteiger charge is -2.06. The van der Waals surface area contributed by atoms with Crippen LogP contribution in [0.5, 0.6) is 0 Å². The average molecular weight is 294 g/mol. The maximum absolute atomic E-state index is 11.9. The Labute approximate surface area is 115 Å². The lowest BCUT2D eigenvalue weighted by molar-refractivity contribution is -0.433. The number of carbonyl (C=O) groups is 1. The molecule has 1 aliphatic rings. The van der Waals surface area contributed by atoms with Crippen LogP contribution in [0.3, 0.4) is 0 Å². The third kappa shape index (κ3) is 3.30.